The maximum atomic E-state index is 13.2. The first-order valence-electron chi connectivity index (χ1n) is 8.79. The van der Waals surface area contributed by atoms with Crippen LogP contribution in [0.25, 0.3) is 0 Å². The smallest absolute Gasteiger partial charge is 0.234 e. The van der Waals surface area contributed by atoms with Gasteiger partial charge < -0.3 is 5.32 Å². The Bertz CT molecular complexity index is 885. The highest BCUT2D eigenvalue weighted by molar-refractivity contribution is 8.15. The molecule has 0 spiro atoms. The Hall–Kier alpha value is -2.74. The van der Waals surface area contributed by atoms with Gasteiger partial charge in [-0.1, -0.05) is 23.9 Å². The van der Waals surface area contributed by atoms with E-state index in [0.717, 1.165) is 5.56 Å². The molecule has 1 atom stereocenters. The predicted octanol–water partition coefficient (Wildman–Crippen LogP) is 3.62. The lowest BCUT2D eigenvalue weighted by atomic mass is 10.2. The molecule has 1 heterocycles. The number of hydrogen-bond donors (Lipinski definition) is 1. The summed E-state index contributed by atoms with van der Waals surface area (Å²) in [6.45, 7) is 2.48. The van der Waals surface area contributed by atoms with Crippen molar-refractivity contribution in [1.82, 2.24) is 10.2 Å². The highest BCUT2D eigenvalue weighted by atomic mass is 32.2. The van der Waals surface area contributed by atoms with E-state index in [1.165, 1.54) is 53.1 Å². The number of carbonyl (C=O) groups is 2. The first-order valence-corrected chi connectivity index (χ1v) is 9.67. The third kappa shape index (κ3) is 4.95. The van der Waals surface area contributed by atoms with E-state index in [1.807, 2.05) is 6.92 Å². The SMILES string of the molecule is CCNC(=O)[C@@H]1CC(=O)N(Cc2ccc(F)cc2)C(=Nc2ccc(F)cc2)S1. The number of hydrogen-bond acceptors (Lipinski definition) is 4. The fourth-order valence-corrected chi connectivity index (χ4v) is 3.81. The van der Waals surface area contributed by atoms with Crippen molar-refractivity contribution in [3.63, 3.8) is 0 Å². The summed E-state index contributed by atoms with van der Waals surface area (Å²) in [5, 5.41) is 2.49. The van der Waals surface area contributed by atoms with Gasteiger partial charge in [0.1, 0.15) is 11.6 Å². The van der Waals surface area contributed by atoms with Gasteiger partial charge in [0.25, 0.3) is 0 Å². The van der Waals surface area contributed by atoms with Gasteiger partial charge in [0, 0.05) is 13.0 Å². The number of carbonyl (C=O) groups excluding carboxylic acids is 2. The average Bonchev–Trinajstić information content (AvgIpc) is 2.67. The van der Waals surface area contributed by atoms with Crippen molar-refractivity contribution < 1.29 is 18.4 Å². The van der Waals surface area contributed by atoms with Crippen molar-refractivity contribution in [2.75, 3.05) is 6.54 Å². The summed E-state index contributed by atoms with van der Waals surface area (Å²) in [7, 11) is 0. The predicted molar refractivity (Wildman–Crippen MR) is 105 cm³/mol. The number of aliphatic imine (C=N–C) groups is 1. The van der Waals surface area contributed by atoms with Crippen molar-refractivity contribution in [3.8, 4) is 0 Å². The van der Waals surface area contributed by atoms with Crippen LogP contribution in [0.4, 0.5) is 14.5 Å². The molecular weight excluding hydrogens is 384 g/mol. The van der Waals surface area contributed by atoms with Crippen LogP contribution in [0.2, 0.25) is 0 Å². The lowest BCUT2D eigenvalue weighted by molar-refractivity contribution is -0.130. The second-order valence-corrected chi connectivity index (χ2v) is 7.35. The number of thioether (sulfide) groups is 1. The van der Waals surface area contributed by atoms with Gasteiger partial charge in [0.2, 0.25) is 11.8 Å². The third-order valence-electron chi connectivity index (χ3n) is 4.09. The van der Waals surface area contributed by atoms with Crippen LogP contribution in [0.1, 0.15) is 18.9 Å². The Morgan fingerprint density at radius 2 is 1.75 bits per heavy atom. The normalized spacial score (nSPS) is 18.4. The van der Waals surface area contributed by atoms with E-state index in [1.54, 1.807) is 12.1 Å². The fourth-order valence-electron chi connectivity index (χ4n) is 2.68. The second-order valence-electron chi connectivity index (χ2n) is 6.18. The molecule has 0 aliphatic carbocycles. The number of halogens is 2. The summed E-state index contributed by atoms with van der Waals surface area (Å²) < 4.78 is 26.3. The molecule has 1 fully saturated rings. The van der Waals surface area contributed by atoms with Crippen LogP contribution in [0, 0.1) is 11.6 Å². The quantitative estimate of drug-likeness (QED) is 0.830. The number of nitrogens with one attached hydrogen (secondary N) is 1. The molecule has 2 aromatic carbocycles. The third-order valence-corrected chi connectivity index (χ3v) is 5.28. The molecule has 0 radical (unpaired) electrons. The highest BCUT2D eigenvalue weighted by Crippen LogP contribution is 2.30. The molecule has 5 nitrogen and oxygen atoms in total. The molecule has 0 aromatic heterocycles. The molecule has 0 unspecified atom stereocenters. The monoisotopic (exact) mass is 403 g/mol. The van der Waals surface area contributed by atoms with Crippen molar-refractivity contribution in [1.29, 1.82) is 0 Å². The fraction of sp³-hybridized carbons (Fsp3) is 0.250. The van der Waals surface area contributed by atoms with E-state index >= 15 is 0 Å². The minimum absolute atomic E-state index is 0.0418. The molecule has 1 N–H and O–H groups in total. The Morgan fingerprint density at radius 1 is 1.14 bits per heavy atom. The maximum absolute atomic E-state index is 13.2. The number of rotatable bonds is 5. The first kappa shape index (κ1) is 20.0. The van der Waals surface area contributed by atoms with Crippen molar-refractivity contribution in [3.05, 3.63) is 65.7 Å². The van der Waals surface area contributed by atoms with Gasteiger partial charge in [-0.3, -0.25) is 14.5 Å². The van der Waals surface area contributed by atoms with Crippen LogP contribution in [-0.2, 0) is 16.1 Å². The summed E-state index contributed by atoms with van der Waals surface area (Å²) in [6.07, 6.45) is 0.0418. The van der Waals surface area contributed by atoms with E-state index in [2.05, 4.69) is 10.3 Å². The molecule has 2 aromatic rings. The summed E-state index contributed by atoms with van der Waals surface area (Å²) in [5.41, 5.74) is 1.20. The van der Waals surface area contributed by atoms with E-state index in [4.69, 9.17) is 0 Å². The molecule has 146 valence electrons. The molecule has 8 heteroatoms. The lowest BCUT2D eigenvalue weighted by Gasteiger charge is -2.31. The van der Waals surface area contributed by atoms with Crippen LogP contribution in [0.15, 0.2) is 53.5 Å². The Balaban J connectivity index is 1.90. The number of amides is 2. The molecule has 0 bridgehead atoms. The molecule has 28 heavy (non-hydrogen) atoms. The van der Waals surface area contributed by atoms with Gasteiger partial charge in [0.15, 0.2) is 5.17 Å². The van der Waals surface area contributed by atoms with Crippen LogP contribution in [0.5, 0.6) is 0 Å². The van der Waals surface area contributed by atoms with Gasteiger partial charge in [0.05, 0.1) is 17.5 Å². The van der Waals surface area contributed by atoms with Crippen molar-refractivity contribution in [2.45, 2.75) is 25.1 Å². The van der Waals surface area contributed by atoms with Gasteiger partial charge in [-0.25, -0.2) is 13.8 Å². The molecular formula is C20H19F2N3O2S. The number of amidine groups is 1. The highest BCUT2D eigenvalue weighted by Gasteiger charge is 2.35. The van der Waals surface area contributed by atoms with Crippen LogP contribution in [0.3, 0.4) is 0 Å². The minimum Gasteiger partial charge on any atom is -0.355 e. The largest absolute Gasteiger partial charge is 0.355 e. The van der Waals surface area contributed by atoms with Crippen molar-refractivity contribution >= 4 is 34.4 Å². The lowest BCUT2D eigenvalue weighted by Crippen LogP contribution is -2.46. The first-order chi connectivity index (χ1) is 13.5. The zero-order valence-corrected chi connectivity index (χ0v) is 16.0. The van der Waals surface area contributed by atoms with Gasteiger partial charge in [-0.05, 0) is 48.9 Å². The van der Waals surface area contributed by atoms with Crippen LogP contribution in [-0.4, -0.2) is 33.7 Å². The Labute approximate surface area is 165 Å². The molecule has 1 saturated heterocycles. The topological polar surface area (TPSA) is 61.8 Å². The average molecular weight is 403 g/mol. The van der Waals surface area contributed by atoms with Gasteiger partial charge in [-0.2, -0.15) is 0 Å². The zero-order chi connectivity index (χ0) is 20.1. The van der Waals surface area contributed by atoms with Gasteiger partial charge >= 0.3 is 0 Å². The Kier molecular flexibility index (Phi) is 6.41. The van der Waals surface area contributed by atoms with E-state index < -0.39 is 5.25 Å². The molecule has 1 aliphatic heterocycles. The summed E-state index contributed by atoms with van der Waals surface area (Å²) in [5.74, 6) is -1.23. The second kappa shape index (κ2) is 8.97. The van der Waals surface area contributed by atoms with Crippen LogP contribution >= 0.6 is 11.8 Å². The number of benzene rings is 2. The molecule has 2 amide bonds. The summed E-state index contributed by atoms with van der Waals surface area (Å²) in [4.78, 5) is 30.9. The standard InChI is InChI=1S/C20H19F2N3O2S/c1-2-23-19(27)17-11-18(26)25(12-13-3-5-14(21)6-4-13)20(28-17)24-16-9-7-15(22)8-10-16/h3-10,17H,2,11-12H2,1H3,(H,23,27)/t17-/m0/s1. The molecule has 3 rings (SSSR count). The van der Waals surface area contributed by atoms with Crippen LogP contribution < -0.4 is 5.32 Å². The van der Waals surface area contributed by atoms with E-state index in [0.29, 0.717) is 17.4 Å². The molecule has 1 aliphatic rings. The summed E-state index contributed by atoms with van der Waals surface area (Å²) >= 11 is 1.19. The van der Waals surface area contributed by atoms with E-state index in [9.17, 15) is 18.4 Å². The minimum atomic E-state index is -0.587. The zero-order valence-electron chi connectivity index (χ0n) is 15.2. The van der Waals surface area contributed by atoms with E-state index in [-0.39, 0.29) is 36.4 Å². The number of nitrogens with zero attached hydrogens (tertiary/aromatic N) is 2. The van der Waals surface area contributed by atoms with Gasteiger partial charge in [-0.15, -0.1) is 0 Å². The summed E-state index contributed by atoms with van der Waals surface area (Å²) in [6, 6.07) is 11.4. The maximum Gasteiger partial charge on any atom is 0.234 e. The molecule has 0 saturated carbocycles. The Morgan fingerprint density at radius 3 is 2.36 bits per heavy atom. The van der Waals surface area contributed by atoms with Crippen molar-refractivity contribution in [2.24, 2.45) is 4.99 Å².